The number of rotatable bonds is 0. The molecule has 2 rings (SSSR count). The van der Waals surface area contributed by atoms with Crippen LogP contribution >= 0.6 is 11.8 Å². The lowest BCUT2D eigenvalue weighted by molar-refractivity contribution is 1.29. The van der Waals surface area contributed by atoms with E-state index < -0.39 is 0 Å². The molecule has 1 heteroatoms. The normalized spacial score (nSPS) is 23.8. The second kappa shape index (κ2) is 2.78. The summed E-state index contributed by atoms with van der Waals surface area (Å²) < 4.78 is 0. The second-order valence-electron chi connectivity index (χ2n) is 3.84. The van der Waals surface area contributed by atoms with Crippen LogP contribution in [-0.4, -0.2) is 0 Å². The van der Waals surface area contributed by atoms with E-state index in [0.29, 0.717) is 0 Å². The molecule has 0 aromatic heterocycles. The Labute approximate surface area is 84.8 Å². The average Bonchev–Trinajstić information content (AvgIpc) is 2.47. The SMILES string of the molecule is C[C]1SC(C)=C2C(C)=C(C)C(C)=C12. The van der Waals surface area contributed by atoms with E-state index in [1.54, 1.807) is 0 Å². The van der Waals surface area contributed by atoms with Gasteiger partial charge in [-0.2, -0.15) is 0 Å². The molecular formula is C12H15S. The Morgan fingerprint density at radius 1 is 0.692 bits per heavy atom. The Morgan fingerprint density at radius 2 is 1.31 bits per heavy atom. The number of allylic oxidation sites excluding steroid dienone is 5. The fourth-order valence-electron chi connectivity index (χ4n) is 2.24. The van der Waals surface area contributed by atoms with Crippen molar-refractivity contribution < 1.29 is 0 Å². The molecule has 0 saturated carbocycles. The third-order valence-electron chi connectivity index (χ3n) is 3.14. The van der Waals surface area contributed by atoms with Crippen molar-refractivity contribution >= 4 is 11.8 Å². The quantitative estimate of drug-likeness (QED) is 0.552. The van der Waals surface area contributed by atoms with Gasteiger partial charge in [-0.15, -0.1) is 11.8 Å². The molecule has 69 valence electrons. The van der Waals surface area contributed by atoms with Gasteiger partial charge in [0.05, 0.1) is 5.25 Å². The first-order chi connectivity index (χ1) is 6.04. The van der Waals surface area contributed by atoms with Crippen LogP contribution in [0.15, 0.2) is 32.8 Å². The first kappa shape index (κ1) is 9.14. The first-order valence-electron chi connectivity index (χ1n) is 4.66. The number of hydrogen-bond donors (Lipinski definition) is 0. The van der Waals surface area contributed by atoms with E-state index in [1.165, 1.54) is 38.0 Å². The third kappa shape index (κ3) is 1.06. The molecule has 0 amide bonds. The zero-order chi connectivity index (χ0) is 9.75. The van der Waals surface area contributed by atoms with Crippen LogP contribution in [0.5, 0.6) is 0 Å². The monoisotopic (exact) mass is 191 g/mol. The molecule has 2 aliphatic rings. The zero-order valence-electron chi connectivity index (χ0n) is 8.91. The van der Waals surface area contributed by atoms with Crippen molar-refractivity contribution in [1.29, 1.82) is 0 Å². The van der Waals surface area contributed by atoms with Crippen LogP contribution in [0.1, 0.15) is 34.6 Å². The fraction of sp³-hybridized carbons (Fsp3) is 0.417. The molecule has 0 atom stereocenters. The number of thioether (sulfide) groups is 1. The minimum atomic E-state index is 1.47. The summed E-state index contributed by atoms with van der Waals surface area (Å²) in [6.45, 7) is 11.2. The molecule has 0 bridgehead atoms. The maximum absolute atomic E-state index is 2.24. The van der Waals surface area contributed by atoms with Gasteiger partial charge in [0.2, 0.25) is 0 Å². The topological polar surface area (TPSA) is 0 Å². The van der Waals surface area contributed by atoms with Crippen molar-refractivity contribution in [2.24, 2.45) is 0 Å². The Morgan fingerprint density at radius 3 is 1.85 bits per heavy atom. The molecule has 1 heterocycles. The number of hydrogen-bond acceptors (Lipinski definition) is 1. The number of fused-ring (bicyclic) bond motifs is 1. The lowest BCUT2D eigenvalue weighted by Crippen LogP contribution is -1.88. The van der Waals surface area contributed by atoms with E-state index in [2.05, 4.69) is 34.6 Å². The molecule has 1 radical (unpaired) electrons. The van der Waals surface area contributed by atoms with Crippen molar-refractivity contribution in [3.8, 4) is 0 Å². The van der Waals surface area contributed by atoms with Gasteiger partial charge in [-0.05, 0) is 67.4 Å². The summed E-state index contributed by atoms with van der Waals surface area (Å²) in [7, 11) is 0. The first-order valence-corrected chi connectivity index (χ1v) is 5.47. The van der Waals surface area contributed by atoms with Gasteiger partial charge in [0, 0.05) is 0 Å². The molecule has 0 N–H and O–H groups in total. The van der Waals surface area contributed by atoms with Crippen LogP contribution in [0.3, 0.4) is 0 Å². The van der Waals surface area contributed by atoms with Gasteiger partial charge in [0.1, 0.15) is 0 Å². The molecule has 1 aliphatic heterocycles. The van der Waals surface area contributed by atoms with E-state index in [9.17, 15) is 0 Å². The Bertz CT molecular complexity index is 367. The van der Waals surface area contributed by atoms with Crippen molar-refractivity contribution in [1.82, 2.24) is 0 Å². The highest BCUT2D eigenvalue weighted by Gasteiger charge is 2.33. The molecule has 0 saturated heterocycles. The summed E-state index contributed by atoms with van der Waals surface area (Å²) in [5.74, 6) is 0. The molecule has 0 spiro atoms. The maximum Gasteiger partial charge on any atom is 0.0621 e. The second-order valence-corrected chi connectivity index (χ2v) is 5.27. The highest BCUT2D eigenvalue weighted by molar-refractivity contribution is 8.06. The Hall–Kier alpha value is -0.430. The van der Waals surface area contributed by atoms with Crippen molar-refractivity contribution in [3.05, 3.63) is 38.0 Å². The molecule has 0 aromatic carbocycles. The summed E-state index contributed by atoms with van der Waals surface area (Å²) in [6.07, 6.45) is 0. The molecule has 0 nitrogen and oxygen atoms in total. The largest absolute Gasteiger partial charge is 0.117 e. The molecule has 0 fully saturated rings. The van der Waals surface area contributed by atoms with Crippen molar-refractivity contribution in [3.63, 3.8) is 0 Å². The molecule has 13 heavy (non-hydrogen) atoms. The van der Waals surface area contributed by atoms with Crippen molar-refractivity contribution in [2.45, 2.75) is 34.6 Å². The summed E-state index contributed by atoms with van der Waals surface area (Å²) >= 11 is 1.93. The highest BCUT2D eigenvalue weighted by Crippen LogP contribution is 2.54. The molecule has 1 aliphatic carbocycles. The molecule has 0 unspecified atom stereocenters. The zero-order valence-corrected chi connectivity index (χ0v) is 9.72. The van der Waals surface area contributed by atoms with Crippen LogP contribution in [0.2, 0.25) is 0 Å². The summed E-state index contributed by atoms with van der Waals surface area (Å²) in [5.41, 5.74) is 7.46. The van der Waals surface area contributed by atoms with Gasteiger partial charge < -0.3 is 0 Å². The smallest absolute Gasteiger partial charge is 0.0621 e. The standard InChI is InChI=1S/C12H15S/c1-6-7(2)11-9(4)13-10(5)12(11)8(6)3/h1-5H3. The van der Waals surface area contributed by atoms with Crippen molar-refractivity contribution in [2.75, 3.05) is 0 Å². The Balaban J connectivity index is 2.65. The predicted octanol–water partition coefficient (Wildman–Crippen LogP) is 4.23. The minimum absolute atomic E-state index is 1.47. The van der Waals surface area contributed by atoms with E-state index in [-0.39, 0.29) is 0 Å². The van der Waals surface area contributed by atoms with Gasteiger partial charge in [0.15, 0.2) is 0 Å². The summed E-state index contributed by atoms with van der Waals surface area (Å²) in [6, 6.07) is 0. The Kier molecular flexibility index (Phi) is 1.95. The van der Waals surface area contributed by atoms with E-state index >= 15 is 0 Å². The molecular weight excluding hydrogens is 176 g/mol. The third-order valence-corrected chi connectivity index (χ3v) is 4.16. The average molecular weight is 191 g/mol. The van der Waals surface area contributed by atoms with Gasteiger partial charge in [-0.1, -0.05) is 0 Å². The predicted molar refractivity (Wildman–Crippen MR) is 60.3 cm³/mol. The van der Waals surface area contributed by atoms with Crippen LogP contribution in [0.4, 0.5) is 0 Å². The summed E-state index contributed by atoms with van der Waals surface area (Å²) in [4.78, 5) is 1.47. The van der Waals surface area contributed by atoms with Crippen LogP contribution in [0.25, 0.3) is 0 Å². The van der Waals surface area contributed by atoms with E-state index in [4.69, 9.17) is 0 Å². The van der Waals surface area contributed by atoms with Gasteiger partial charge in [-0.25, -0.2) is 0 Å². The van der Waals surface area contributed by atoms with Gasteiger partial charge in [0.25, 0.3) is 0 Å². The van der Waals surface area contributed by atoms with Gasteiger partial charge >= 0.3 is 0 Å². The van der Waals surface area contributed by atoms with Crippen LogP contribution < -0.4 is 0 Å². The maximum atomic E-state index is 2.24. The summed E-state index contributed by atoms with van der Waals surface area (Å²) in [5, 5.41) is 1.47. The fourth-order valence-corrected chi connectivity index (χ4v) is 3.42. The van der Waals surface area contributed by atoms with Crippen LogP contribution in [0, 0.1) is 5.25 Å². The van der Waals surface area contributed by atoms with E-state index in [0.717, 1.165) is 0 Å². The lowest BCUT2D eigenvalue weighted by Gasteiger charge is -2.05. The highest BCUT2D eigenvalue weighted by atomic mass is 32.2. The van der Waals surface area contributed by atoms with Gasteiger partial charge in [-0.3, -0.25) is 0 Å². The van der Waals surface area contributed by atoms with Crippen LogP contribution in [-0.2, 0) is 0 Å². The van der Waals surface area contributed by atoms with E-state index in [1.807, 2.05) is 11.8 Å². The molecule has 0 aromatic rings. The lowest BCUT2D eigenvalue weighted by atomic mass is 10.0. The minimum Gasteiger partial charge on any atom is -0.117 e.